The van der Waals surface area contributed by atoms with E-state index in [1.807, 2.05) is 0 Å². The predicted octanol–water partition coefficient (Wildman–Crippen LogP) is 12.7. The molecule has 0 aliphatic heterocycles. The van der Waals surface area contributed by atoms with E-state index in [2.05, 4.69) is 42.3 Å². The Morgan fingerprint density at radius 1 is 0.425 bits per heavy atom. The van der Waals surface area contributed by atoms with E-state index in [4.69, 9.17) is 0 Å². The second-order valence-corrected chi connectivity index (χ2v) is 13.0. The van der Waals surface area contributed by atoms with Crippen molar-refractivity contribution in [2.24, 2.45) is 0 Å². The molecule has 1 rings (SSSR count). The fourth-order valence-corrected chi connectivity index (χ4v) is 6.37. The van der Waals surface area contributed by atoms with Gasteiger partial charge in [0, 0.05) is 6.42 Å². The third-order valence-electron chi connectivity index (χ3n) is 9.07. The van der Waals surface area contributed by atoms with Crippen LogP contribution in [0.1, 0.15) is 213 Å². The molecule has 1 aromatic rings. The molecule has 0 radical (unpaired) electrons. The Kier molecular flexibility index (Phi) is 27.6. The maximum atomic E-state index is 2.58. The van der Waals surface area contributed by atoms with E-state index in [1.165, 1.54) is 206 Å². The van der Waals surface area contributed by atoms with Crippen molar-refractivity contribution in [3.8, 4) is 0 Å². The summed E-state index contributed by atoms with van der Waals surface area (Å²) in [4.78, 5) is 0. The van der Waals surface area contributed by atoms with E-state index in [-0.39, 0.29) is 0 Å². The van der Waals surface area contributed by atoms with Crippen LogP contribution in [-0.2, 0) is 19.5 Å². The number of unbranched alkanes of at least 4 members (excludes halogenated alkanes) is 26. The number of hydrogen-bond donors (Lipinski definition) is 0. The van der Waals surface area contributed by atoms with Gasteiger partial charge in [0.2, 0.25) is 0 Å². The van der Waals surface area contributed by atoms with Crippen LogP contribution in [0.4, 0.5) is 0 Å². The minimum Gasteiger partial charge on any atom is -0.234 e. The second-order valence-electron chi connectivity index (χ2n) is 13.0. The summed E-state index contributed by atoms with van der Waals surface area (Å²) in [5.41, 5.74) is 0. The van der Waals surface area contributed by atoms with Gasteiger partial charge in [-0.05, 0) is 32.1 Å². The van der Waals surface area contributed by atoms with Gasteiger partial charge in [0.25, 0.3) is 5.82 Å². The fraction of sp³-hybridized carbons (Fsp3) is 0.921. The van der Waals surface area contributed by atoms with Crippen LogP contribution < -0.4 is 4.57 Å². The van der Waals surface area contributed by atoms with Crippen molar-refractivity contribution in [1.29, 1.82) is 0 Å². The quantitative estimate of drug-likeness (QED) is 0.0613. The van der Waals surface area contributed by atoms with Gasteiger partial charge >= 0.3 is 0 Å². The first-order valence-corrected chi connectivity index (χ1v) is 18.9. The van der Waals surface area contributed by atoms with Gasteiger partial charge in [-0.25, -0.2) is 9.13 Å². The molecule has 0 amide bonds. The number of rotatable bonds is 32. The monoisotopic (exact) mass is 560 g/mol. The molecule has 40 heavy (non-hydrogen) atoms. The first-order chi connectivity index (χ1) is 19.8. The van der Waals surface area contributed by atoms with Crippen molar-refractivity contribution in [3.05, 3.63) is 18.2 Å². The Hall–Kier alpha value is -0.790. The lowest BCUT2D eigenvalue weighted by Gasteiger charge is -2.06. The standard InChI is InChI=1S/C38H75N2/c1-4-7-9-11-13-15-17-18-19-20-21-22-24-26-28-30-32-35-40-37-36-39(38(40)33-6-3)34-31-29-27-25-23-16-14-12-10-8-5-2/h36-37H,4-35H2,1-3H3/q+1. The highest BCUT2D eigenvalue weighted by atomic mass is 15.1. The first-order valence-electron chi connectivity index (χ1n) is 18.9. The molecular weight excluding hydrogens is 484 g/mol. The zero-order valence-electron chi connectivity index (χ0n) is 28.2. The lowest BCUT2D eigenvalue weighted by Crippen LogP contribution is -2.37. The van der Waals surface area contributed by atoms with Gasteiger partial charge in [0.1, 0.15) is 12.4 Å². The van der Waals surface area contributed by atoms with Crippen molar-refractivity contribution in [1.82, 2.24) is 4.57 Å². The number of imidazole rings is 1. The Morgan fingerprint density at radius 3 is 1.15 bits per heavy atom. The predicted molar refractivity (Wildman–Crippen MR) is 179 cm³/mol. The number of hydrogen-bond acceptors (Lipinski definition) is 0. The van der Waals surface area contributed by atoms with E-state index in [0.717, 1.165) is 0 Å². The molecule has 0 saturated heterocycles. The molecule has 0 aromatic carbocycles. The molecule has 0 N–H and O–H groups in total. The average Bonchev–Trinajstić information content (AvgIpc) is 3.34. The smallest absolute Gasteiger partial charge is 0.234 e. The molecule has 0 unspecified atom stereocenters. The highest BCUT2D eigenvalue weighted by Gasteiger charge is 2.15. The maximum absolute atomic E-state index is 2.58. The van der Waals surface area contributed by atoms with Crippen LogP contribution in [0, 0.1) is 0 Å². The molecule has 0 aliphatic rings. The highest BCUT2D eigenvalue weighted by molar-refractivity contribution is 4.84. The van der Waals surface area contributed by atoms with E-state index in [0.29, 0.717) is 0 Å². The van der Waals surface area contributed by atoms with Crippen LogP contribution in [0.5, 0.6) is 0 Å². The zero-order valence-corrected chi connectivity index (χ0v) is 28.2. The molecule has 1 aromatic heterocycles. The van der Waals surface area contributed by atoms with E-state index < -0.39 is 0 Å². The Bertz CT molecular complexity index is 619. The van der Waals surface area contributed by atoms with Crippen LogP contribution in [0.2, 0.25) is 0 Å². The van der Waals surface area contributed by atoms with Crippen LogP contribution >= 0.6 is 0 Å². The van der Waals surface area contributed by atoms with Gasteiger partial charge < -0.3 is 0 Å². The molecule has 1 heterocycles. The molecule has 0 saturated carbocycles. The van der Waals surface area contributed by atoms with Gasteiger partial charge in [-0.15, -0.1) is 0 Å². The van der Waals surface area contributed by atoms with E-state index in [9.17, 15) is 0 Å². The molecule has 2 heteroatoms. The second kappa shape index (κ2) is 29.7. The summed E-state index contributed by atoms with van der Waals surface area (Å²) in [5.74, 6) is 1.58. The molecule has 236 valence electrons. The highest BCUT2D eigenvalue weighted by Crippen LogP contribution is 2.15. The molecule has 2 nitrogen and oxygen atoms in total. The Balaban J connectivity index is 1.99. The van der Waals surface area contributed by atoms with Gasteiger partial charge in [-0.3, -0.25) is 0 Å². The number of aromatic nitrogens is 2. The lowest BCUT2D eigenvalue weighted by molar-refractivity contribution is -0.704. The van der Waals surface area contributed by atoms with Crippen molar-refractivity contribution in [3.63, 3.8) is 0 Å². The topological polar surface area (TPSA) is 8.81 Å². The summed E-state index contributed by atoms with van der Waals surface area (Å²) in [6.07, 6.45) is 47.6. The summed E-state index contributed by atoms with van der Waals surface area (Å²) in [5, 5.41) is 0. The summed E-state index contributed by atoms with van der Waals surface area (Å²) in [7, 11) is 0. The number of aryl methyl sites for hydroxylation is 2. The zero-order chi connectivity index (χ0) is 28.8. The van der Waals surface area contributed by atoms with Gasteiger partial charge in [0.05, 0.1) is 13.1 Å². The minimum atomic E-state index is 1.22. The van der Waals surface area contributed by atoms with Gasteiger partial charge in [-0.1, -0.05) is 175 Å². The Morgan fingerprint density at radius 2 is 0.775 bits per heavy atom. The third kappa shape index (κ3) is 21.9. The first kappa shape index (κ1) is 37.2. The fourth-order valence-electron chi connectivity index (χ4n) is 6.37. The molecule has 0 spiro atoms. The summed E-state index contributed by atoms with van der Waals surface area (Å²) >= 11 is 0. The minimum absolute atomic E-state index is 1.22. The van der Waals surface area contributed by atoms with Crippen molar-refractivity contribution < 1.29 is 4.57 Å². The molecule has 0 fully saturated rings. The summed E-state index contributed by atoms with van der Waals surface area (Å²) < 4.78 is 5.15. The average molecular weight is 560 g/mol. The van der Waals surface area contributed by atoms with Crippen LogP contribution in [0.25, 0.3) is 0 Å². The normalized spacial score (nSPS) is 11.6. The molecule has 0 bridgehead atoms. The molecular formula is C38H75N2+. The molecule has 0 aliphatic carbocycles. The number of nitrogens with zero attached hydrogens (tertiary/aromatic N) is 2. The summed E-state index contributed by atoms with van der Waals surface area (Å²) in [6.45, 7) is 9.39. The van der Waals surface area contributed by atoms with Crippen molar-refractivity contribution in [2.75, 3.05) is 0 Å². The van der Waals surface area contributed by atoms with Crippen LogP contribution in [-0.4, -0.2) is 4.57 Å². The van der Waals surface area contributed by atoms with E-state index >= 15 is 0 Å². The van der Waals surface area contributed by atoms with Gasteiger partial charge in [0.15, 0.2) is 0 Å². The lowest BCUT2D eigenvalue weighted by atomic mass is 10.0. The van der Waals surface area contributed by atoms with Crippen LogP contribution in [0.15, 0.2) is 12.4 Å². The van der Waals surface area contributed by atoms with Crippen molar-refractivity contribution in [2.45, 2.75) is 226 Å². The Labute approximate surface area is 253 Å². The largest absolute Gasteiger partial charge is 0.256 e. The maximum Gasteiger partial charge on any atom is 0.256 e. The third-order valence-corrected chi connectivity index (χ3v) is 9.07. The van der Waals surface area contributed by atoms with Gasteiger partial charge in [-0.2, -0.15) is 0 Å². The SMILES string of the molecule is CCCCCCCCCCCCCCCCCCCn1cc[n+](CCCCCCCCCCCCC)c1CCC. The van der Waals surface area contributed by atoms with Crippen LogP contribution in [0.3, 0.4) is 0 Å². The summed E-state index contributed by atoms with van der Waals surface area (Å²) in [6, 6.07) is 0. The van der Waals surface area contributed by atoms with Crippen molar-refractivity contribution >= 4 is 0 Å². The molecule has 0 atom stereocenters. The van der Waals surface area contributed by atoms with E-state index in [1.54, 1.807) is 5.82 Å².